The van der Waals surface area contributed by atoms with Gasteiger partial charge in [-0.2, -0.15) is 10.2 Å². The van der Waals surface area contributed by atoms with Gasteiger partial charge in [-0.3, -0.25) is 14.3 Å². The zero-order valence-electron chi connectivity index (χ0n) is 15.7. The molecule has 144 valence electrons. The molecular weight excluding hydrogens is 356 g/mol. The Kier molecular flexibility index (Phi) is 4.92. The van der Waals surface area contributed by atoms with E-state index in [0.717, 1.165) is 23.5 Å². The fourth-order valence-electron chi connectivity index (χ4n) is 3.42. The molecule has 28 heavy (non-hydrogen) atoms. The van der Waals surface area contributed by atoms with E-state index in [-0.39, 0.29) is 11.5 Å². The second-order valence-electron chi connectivity index (χ2n) is 6.70. The molecule has 1 saturated heterocycles. The van der Waals surface area contributed by atoms with Crippen LogP contribution in [0.5, 0.6) is 0 Å². The molecule has 0 spiro atoms. The van der Waals surface area contributed by atoms with Crippen molar-refractivity contribution in [1.82, 2.24) is 24.9 Å². The van der Waals surface area contributed by atoms with E-state index in [9.17, 15) is 9.59 Å². The molecule has 3 heterocycles. The summed E-state index contributed by atoms with van der Waals surface area (Å²) in [6.07, 6.45) is 3.40. The highest BCUT2D eigenvalue weighted by Gasteiger charge is 2.25. The van der Waals surface area contributed by atoms with Gasteiger partial charge < -0.3 is 9.80 Å². The van der Waals surface area contributed by atoms with Crippen LogP contribution in [0.3, 0.4) is 0 Å². The van der Waals surface area contributed by atoms with Crippen LogP contribution >= 0.6 is 0 Å². The lowest BCUT2D eigenvalue weighted by Crippen LogP contribution is -2.49. The second-order valence-corrected chi connectivity index (χ2v) is 6.70. The van der Waals surface area contributed by atoms with E-state index in [2.05, 4.69) is 20.2 Å². The minimum absolute atomic E-state index is 0.00772. The van der Waals surface area contributed by atoms with Crippen molar-refractivity contribution in [1.29, 1.82) is 0 Å². The summed E-state index contributed by atoms with van der Waals surface area (Å²) in [5.74, 6) is -0.00772. The quantitative estimate of drug-likeness (QED) is 0.745. The van der Waals surface area contributed by atoms with Crippen molar-refractivity contribution in [2.45, 2.75) is 13.5 Å². The molecule has 4 rings (SSSR count). The van der Waals surface area contributed by atoms with E-state index in [0.29, 0.717) is 31.7 Å². The highest BCUT2D eigenvalue weighted by Crippen LogP contribution is 2.27. The zero-order valence-corrected chi connectivity index (χ0v) is 15.7. The van der Waals surface area contributed by atoms with Crippen molar-refractivity contribution >= 4 is 11.6 Å². The van der Waals surface area contributed by atoms with Gasteiger partial charge in [0, 0.05) is 50.6 Å². The smallest absolute Gasteiger partial charge is 0.266 e. The highest BCUT2D eigenvalue weighted by atomic mass is 16.2. The van der Waals surface area contributed by atoms with E-state index < -0.39 is 0 Å². The van der Waals surface area contributed by atoms with Crippen LogP contribution in [0.15, 0.2) is 53.6 Å². The Bertz CT molecular complexity index is 1020. The Balaban J connectivity index is 1.52. The van der Waals surface area contributed by atoms with Crippen LogP contribution in [0.2, 0.25) is 0 Å². The number of aromatic nitrogens is 4. The number of hydrogen-bond donors (Lipinski definition) is 1. The van der Waals surface area contributed by atoms with E-state index >= 15 is 0 Å². The molecule has 0 atom stereocenters. The van der Waals surface area contributed by atoms with E-state index in [4.69, 9.17) is 0 Å². The van der Waals surface area contributed by atoms with Gasteiger partial charge in [0.25, 0.3) is 11.5 Å². The number of benzene rings is 1. The Morgan fingerprint density at radius 2 is 1.89 bits per heavy atom. The van der Waals surface area contributed by atoms with Gasteiger partial charge in [-0.05, 0) is 6.92 Å². The van der Waals surface area contributed by atoms with Crippen LogP contribution in [-0.2, 0) is 6.54 Å². The monoisotopic (exact) mass is 378 g/mol. The number of H-pyrrole nitrogens is 1. The summed E-state index contributed by atoms with van der Waals surface area (Å²) >= 11 is 0. The number of amides is 1. The Hall–Kier alpha value is -3.42. The predicted molar refractivity (Wildman–Crippen MR) is 106 cm³/mol. The maximum Gasteiger partial charge on any atom is 0.266 e. The third kappa shape index (κ3) is 3.53. The third-order valence-electron chi connectivity index (χ3n) is 4.95. The summed E-state index contributed by atoms with van der Waals surface area (Å²) in [5.41, 5.74) is 2.85. The minimum atomic E-state index is -0.236. The number of hydrogen-bond acceptors (Lipinski definition) is 5. The van der Waals surface area contributed by atoms with Crippen LogP contribution in [0.4, 0.5) is 5.69 Å². The molecule has 0 bridgehead atoms. The molecule has 2 aromatic heterocycles. The maximum atomic E-state index is 12.7. The molecule has 8 nitrogen and oxygen atoms in total. The van der Waals surface area contributed by atoms with E-state index in [1.54, 1.807) is 23.1 Å². The first kappa shape index (κ1) is 18.0. The van der Waals surface area contributed by atoms with Crippen molar-refractivity contribution < 1.29 is 4.79 Å². The largest absolute Gasteiger partial charge is 0.366 e. The number of aromatic amines is 1. The normalized spacial score (nSPS) is 14.3. The molecular formula is C20H22N6O2. The lowest BCUT2D eigenvalue weighted by atomic mass is 10.1. The molecule has 0 aliphatic carbocycles. The highest BCUT2D eigenvalue weighted by molar-refractivity contribution is 5.94. The molecule has 1 aliphatic heterocycles. The number of carbonyl (C=O) groups excluding carboxylic acids is 1. The Morgan fingerprint density at radius 1 is 1.14 bits per heavy atom. The summed E-state index contributed by atoms with van der Waals surface area (Å²) in [5, 5.41) is 11.0. The van der Waals surface area contributed by atoms with Crippen molar-refractivity contribution in [3.05, 3.63) is 64.7 Å². The summed E-state index contributed by atoms with van der Waals surface area (Å²) in [6.45, 7) is 5.16. The van der Waals surface area contributed by atoms with Gasteiger partial charge in [0.2, 0.25) is 0 Å². The molecule has 3 aromatic rings. The van der Waals surface area contributed by atoms with Crippen molar-refractivity contribution in [2.75, 3.05) is 31.1 Å². The number of carbonyl (C=O) groups is 1. The van der Waals surface area contributed by atoms with Gasteiger partial charge in [0.15, 0.2) is 0 Å². The average molecular weight is 378 g/mol. The predicted octanol–water partition coefficient (Wildman–Crippen LogP) is 1.62. The van der Waals surface area contributed by atoms with Gasteiger partial charge >= 0.3 is 0 Å². The summed E-state index contributed by atoms with van der Waals surface area (Å²) in [7, 11) is 0. The second kappa shape index (κ2) is 7.67. The first-order chi connectivity index (χ1) is 13.7. The number of anilines is 1. The molecule has 0 radical (unpaired) electrons. The number of piperazine rings is 1. The van der Waals surface area contributed by atoms with Gasteiger partial charge in [-0.15, -0.1) is 0 Å². The SMILES string of the molecule is CCn1cc(C(=O)N2CCN(c3cc(=O)[nH]nc3-c3ccccc3)CC2)cn1. The van der Waals surface area contributed by atoms with Crippen LogP contribution in [0, 0.1) is 0 Å². The first-order valence-corrected chi connectivity index (χ1v) is 9.37. The number of nitrogens with one attached hydrogen (secondary N) is 1. The molecule has 1 aliphatic rings. The summed E-state index contributed by atoms with van der Waals surface area (Å²) in [4.78, 5) is 28.5. The van der Waals surface area contributed by atoms with Crippen LogP contribution in [0.1, 0.15) is 17.3 Å². The minimum Gasteiger partial charge on any atom is -0.366 e. The lowest BCUT2D eigenvalue weighted by Gasteiger charge is -2.36. The van der Waals surface area contributed by atoms with Crippen molar-refractivity contribution in [3.63, 3.8) is 0 Å². The molecule has 1 aromatic carbocycles. The molecule has 0 saturated carbocycles. The Morgan fingerprint density at radius 3 is 2.57 bits per heavy atom. The molecule has 8 heteroatoms. The van der Waals surface area contributed by atoms with Gasteiger partial charge in [0.1, 0.15) is 5.69 Å². The van der Waals surface area contributed by atoms with Crippen LogP contribution in [-0.4, -0.2) is 57.0 Å². The van der Waals surface area contributed by atoms with Gasteiger partial charge in [-0.1, -0.05) is 30.3 Å². The topological polar surface area (TPSA) is 87.1 Å². The first-order valence-electron chi connectivity index (χ1n) is 9.37. The van der Waals surface area contributed by atoms with E-state index in [1.165, 1.54) is 0 Å². The molecule has 0 unspecified atom stereocenters. The number of nitrogens with zero attached hydrogens (tertiary/aromatic N) is 5. The standard InChI is InChI=1S/C20H22N6O2/c1-2-26-14-16(13-21-26)20(28)25-10-8-24(9-11-25)17-12-18(27)22-23-19(17)15-6-4-3-5-7-15/h3-7,12-14H,2,8-11H2,1H3,(H,22,27). The lowest BCUT2D eigenvalue weighted by molar-refractivity contribution is 0.0746. The third-order valence-corrected chi connectivity index (χ3v) is 4.95. The molecule has 1 amide bonds. The summed E-state index contributed by atoms with van der Waals surface area (Å²) in [6, 6.07) is 11.3. The van der Waals surface area contributed by atoms with Crippen molar-refractivity contribution in [3.8, 4) is 11.3 Å². The van der Waals surface area contributed by atoms with Crippen molar-refractivity contribution in [2.24, 2.45) is 0 Å². The number of rotatable bonds is 4. The molecule has 1 fully saturated rings. The van der Waals surface area contributed by atoms with E-state index in [1.807, 2.05) is 42.2 Å². The average Bonchev–Trinajstić information content (AvgIpc) is 3.23. The fraction of sp³-hybridized carbons (Fsp3) is 0.300. The fourth-order valence-corrected chi connectivity index (χ4v) is 3.42. The van der Waals surface area contributed by atoms with Crippen LogP contribution < -0.4 is 10.5 Å². The summed E-state index contributed by atoms with van der Waals surface area (Å²) < 4.78 is 1.75. The molecule has 1 N–H and O–H groups in total. The van der Waals surface area contributed by atoms with Crippen LogP contribution in [0.25, 0.3) is 11.3 Å². The zero-order chi connectivity index (χ0) is 19.5. The van der Waals surface area contributed by atoms with Gasteiger partial charge in [-0.25, -0.2) is 5.10 Å². The Labute approximate surface area is 162 Å². The van der Waals surface area contributed by atoms with Gasteiger partial charge in [0.05, 0.1) is 17.4 Å². The maximum absolute atomic E-state index is 12.7. The number of aryl methyl sites for hydroxylation is 1.